The van der Waals surface area contributed by atoms with Gasteiger partial charge in [0.25, 0.3) is 0 Å². The summed E-state index contributed by atoms with van der Waals surface area (Å²) in [6.45, 7) is 3.28. The van der Waals surface area contributed by atoms with E-state index in [9.17, 15) is 0 Å². The van der Waals surface area contributed by atoms with Crippen molar-refractivity contribution in [2.24, 2.45) is 0 Å². The lowest BCUT2D eigenvalue weighted by molar-refractivity contribution is 0.146. The van der Waals surface area contributed by atoms with Crippen molar-refractivity contribution in [3.8, 4) is 5.75 Å². The summed E-state index contributed by atoms with van der Waals surface area (Å²) < 4.78 is 10.3. The van der Waals surface area contributed by atoms with E-state index in [-0.39, 0.29) is 0 Å². The van der Waals surface area contributed by atoms with Crippen LogP contribution >= 0.6 is 0 Å². The number of nitrogens with one attached hydrogen (secondary N) is 1. The minimum atomic E-state index is 0.313. The third-order valence-electron chi connectivity index (χ3n) is 2.43. The smallest absolute Gasteiger partial charge is 0.137 e. The first kappa shape index (κ1) is 12.9. The largest absolute Gasteiger partial charge is 0.490 e. The Hall–Kier alpha value is -1.13. The third kappa shape index (κ3) is 3.79. The Bertz CT molecular complexity index is 284. The molecule has 0 fully saturated rings. The first-order chi connectivity index (χ1) is 7.81. The van der Waals surface area contributed by atoms with E-state index in [4.69, 9.17) is 9.47 Å². The molecule has 4 nitrogen and oxygen atoms in total. The van der Waals surface area contributed by atoms with Crippen LogP contribution < -0.4 is 10.1 Å². The molecule has 90 valence electrons. The van der Waals surface area contributed by atoms with Crippen LogP contribution in [0.15, 0.2) is 18.3 Å². The molecule has 0 aromatic carbocycles. The first-order valence-corrected chi connectivity index (χ1v) is 5.56. The van der Waals surface area contributed by atoms with Crippen molar-refractivity contribution in [1.82, 2.24) is 10.3 Å². The Morgan fingerprint density at radius 1 is 1.38 bits per heavy atom. The fourth-order valence-corrected chi connectivity index (χ4v) is 1.49. The average molecular weight is 224 g/mol. The lowest BCUT2D eigenvalue weighted by Crippen LogP contribution is -2.16. The molecule has 1 heterocycles. The number of hydrogen-bond acceptors (Lipinski definition) is 4. The van der Waals surface area contributed by atoms with Crippen molar-refractivity contribution in [3.63, 3.8) is 0 Å². The number of hydrogen-bond donors (Lipinski definition) is 1. The Kier molecular flexibility index (Phi) is 5.82. The molecule has 0 saturated heterocycles. The Morgan fingerprint density at radius 2 is 2.19 bits per heavy atom. The second-order valence-corrected chi connectivity index (χ2v) is 3.51. The van der Waals surface area contributed by atoms with Gasteiger partial charge in [-0.15, -0.1) is 0 Å². The summed E-state index contributed by atoms with van der Waals surface area (Å²) >= 11 is 0. The summed E-state index contributed by atoms with van der Waals surface area (Å²) in [5.74, 6) is 0.784. The van der Waals surface area contributed by atoms with Gasteiger partial charge in [-0.25, -0.2) is 0 Å². The molecule has 0 aliphatic rings. The number of nitrogens with zero attached hydrogens (tertiary/aromatic N) is 1. The van der Waals surface area contributed by atoms with Crippen molar-refractivity contribution in [2.45, 2.75) is 19.4 Å². The van der Waals surface area contributed by atoms with Crippen LogP contribution in [-0.2, 0) is 4.74 Å². The van der Waals surface area contributed by atoms with Crippen LogP contribution in [0.4, 0.5) is 0 Å². The van der Waals surface area contributed by atoms with Gasteiger partial charge in [0.15, 0.2) is 0 Å². The van der Waals surface area contributed by atoms with E-state index in [2.05, 4.69) is 17.2 Å². The van der Waals surface area contributed by atoms with Crippen LogP contribution in [0.1, 0.15) is 25.1 Å². The van der Waals surface area contributed by atoms with Gasteiger partial charge >= 0.3 is 0 Å². The molecule has 1 aromatic rings. The second-order valence-electron chi connectivity index (χ2n) is 3.51. The summed E-state index contributed by atoms with van der Waals surface area (Å²) in [4.78, 5) is 4.37. The van der Waals surface area contributed by atoms with Gasteiger partial charge in [-0.05, 0) is 25.6 Å². The molecule has 0 aliphatic carbocycles. The molecule has 1 aromatic heterocycles. The first-order valence-electron chi connectivity index (χ1n) is 5.56. The van der Waals surface area contributed by atoms with E-state index in [1.54, 1.807) is 13.3 Å². The van der Waals surface area contributed by atoms with Gasteiger partial charge in [-0.3, -0.25) is 4.98 Å². The molecule has 0 spiro atoms. The van der Waals surface area contributed by atoms with E-state index in [0.717, 1.165) is 17.9 Å². The molecule has 1 atom stereocenters. The average Bonchev–Trinajstić information content (AvgIpc) is 2.33. The van der Waals surface area contributed by atoms with Crippen molar-refractivity contribution in [3.05, 3.63) is 24.0 Å². The molecule has 0 bridgehead atoms. The van der Waals surface area contributed by atoms with Gasteiger partial charge in [0, 0.05) is 13.2 Å². The van der Waals surface area contributed by atoms with Gasteiger partial charge in [0.1, 0.15) is 12.4 Å². The second kappa shape index (κ2) is 7.19. The van der Waals surface area contributed by atoms with Gasteiger partial charge in [-0.1, -0.05) is 6.92 Å². The number of rotatable bonds is 7. The molecular formula is C12H20N2O2. The normalized spacial score (nSPS) is 12.4. The lowest BCUT2D eigenvalue weighted by atomic mass is 10.1. The van der Waals surface area contributed by atoms with Crippen LogP contribution in [0, 0.1) is 0 Å². The quantitative estimate of drug-likeness (QED) is 0.717. The molecule has 1 unspecified atom stereocenters. The van der Waals surface area contributed by atoms with Crippen LogP contribution in [0.5, 0.6) is 5.75 Å². The van der Waals surface area contributed by atoms with E-state index in [1.165, 1.54) is 0 Å². The third-order valence-corrected chi connectivity index (χ3v) is 2.43. The van der Waals surface area contributed by atoms with Crippen molar-refractivity contribution >= 4 is 0 Å². The summed E-state index contributed by atoms with van der Waals surface area (Å²) in [5, 5.41) is 3.22. The Morgan fingerprint density at radius 3 is 2.69 bits per heavy atom. The molecule has 0 saturated carbocycles. The fourth-order valence-electron chi connectivity index (χ4n) is 1.49. The highest BCUT2D eigenvalue weighted by Gasteiger charge is 2.07. The molecule has 4 heteroatoms. The molecule has 1 N–H and O–H groups in total. The number of ether oxygens (including phenoxy) is 2. The zero-order valence-electron chi connectivity index (χ0n) is 10.2. The zero-order chi connectivity index (χ0) is 11.8. The van der Waals surface area contributed by atoms with E-state index < -0.39 is 0 Å². The maximum atomic E-state index is 5.44. The molecule has 0 radical (unpaired) electrons. The van der Waals surface area contributed by atoms with E-state index >= 15 is 0 Å². The van der Waals surface area contributed by atoms with E-state index in [1.807, 2.05) is 19.2 Å². The number of methoxy groups -OCH3 is 1. The van der Waals surface area contributed by atoms with Crippen LogP contribution in [0.25, 0.3) is 0 Å². The lowest BCUT2D eigenvalue weighted by Gasteiger charge is -2.13. The summed E-state index contributed by atoms with van der Waals surface area (Å²) in [5.41, 5.74) is 1.05. The maximum Gasteiger partial charge on any atom is 0.137 e. The van der Waals surface area contributed by atoms with Gasteiger partial charge in [0.05, 0.1) is 18.5 Å². The topological polar surface area (TPSA) is 43.4 Å². The monoisotopic (exact) mass is 224 g/mol. The summed E-state index contributed by atoms with van der Waals surface area (Å²) in [7, 11) is 3.60. The molecule has 0 aliphatic heterocycles. The van der Waals surface area contributed by atoms with Crippen molar-refractivity contribution in [2.75, 3.05) is 27.4 Å². The molecule has 1 rings (SSSR count). The van der Waals surface area contributed by atoms with Crippen LogP contribution in [0.3, 0.4) is 0 Å². The highest BCUT2D eigenvalue weighted by molar-refractivity contribution is 5.21. The van der Waals surface area contributed by atoms with Crippen LogP contribution in [0.2, 0.25) is 0 Å². The summed E-state index contributed by atoms with van der Waals surface area (Å²) in [6, 6.07) is 4.25. The van der Waals surface area contributed by atoms with Gasteiger partial charge in [-0.2, -0.15) is 0 Å². The van der Waals surface area contributed by atoms with Crippen molar-refractivity contribution in [1.29, 1.82) is 0 Å². The minimum absolute atomic E-state index is 0.313. The highest BCUT2D eigenvalue weighted by atomic mass is 16.5. The minimum Gasteiger partial charge on any atom is -0.490 e. The maximum absolute atomic E-state index is 5.44. The number of pyridine rings is 1. The van der Waals surface area contributed by atoms with E-state index in [0.29, 0.717) is 19.3 Å². The Balaban J connectivity index is 2.53. The predicted molar refractivity (Wildman–Crippen MR) is 63.7 cm³/mol. The standard InChI is InChI=1S/C12H20N2O2/c1-4-11(13-2)12-6-5-10(9-14-12)16-8-7-15-3/h5-6,9,11,13H,4,7-8H2,1-3H3. The van der Waals surface area contributed by atoms with Crippen LogP contribution in [-0.4, -0.2) is 32.4 Å². The highest BCUT2D eigenvalue weighted by Crippen LogP contribution is 2.16. The predicted octanol–water partition coefficient (Wildman–Crippen LogP) is 1.78. The zero-order valence-corrected chi connectivity index (χ0v) is 10.2. The van der Waals surface area contributed by atoms with Crippen molar-refractivity contribution < 1.29 is 9.47 Å². The number of aromatic nitrogens is 1. The van der Waals surface area contributed by atoms with Gasteiger partial charge < -0.3 is 14.8 Å². The Labute approximate surface area is 97.0 Å². The summed E-state index contributed by atoms with van der Waals surface area (Å²) in [6.07, 6.45) is 2.78. The molecule has 0 amide bonds. The van der Waals surface area contributed by atoms with Gasteiger partial charge in [0.2, 0.25) is 0 Å². The molecule has 16 heavy (non-hydrogen) atoms. The molecular weight excluding hydrogens is 204 g/mol. The SMILES string of the molecule is CCC(NC)c1ccc(OCCOC)cn1. The fraction of sp³-hybridized carbons (Fsp3) is 0.583.